The average molecular weight is 336 g/mol. The first-order valence-electron chi connectivity index (χ1n) is 8.29. The molecule has 25 heavy (non-hydrogen) atoms. The third kappa shape index (κ3) is 3.28. The monoisotopic (exact) mass is 336 g/mol. The number of nitrogens with one attached hydrogen (secondary N) is 2. The van der Waals surface area contributed by atoms with Crippen LogP contribution >= 0.6 is 0 Å². The van der Waals surface area contributed by atoms with Crippen molar-refractivity contribution in [1.29, 1.82) is 0 Å². The molecule has 1 aromatic heterocycles. The van der Waals surface area contributed by atoms with Gasteiger partial charge in [-0.1, -0.05) is 12.1 Å². The number of benzene rings is 2. The number of rotatable bonds is 6. The van der Waals surface area contributed by atoms with Gasteiger partial charge in [0.1, 0.15) is 17.3 Å². The number of methoxy groups -OCH3 is 2. The van der Waals surface area contributed by atoms with Crippen LogP contribution in [0, 0.1) is 0 Å². The maximum Gasteiger partial charge on any atom is 0.229 e. The summed E-state index contributed by atoms with van der Waals surface area (Å²) in [6.07, 6.45) is 2.38. The molecular weight excluding hydrogens is 316 g/mol. The van der Waals surface area contributed by atoms with Crippen LogP contribution in [-0.2, 0) is 0 Å². The summed E-state index contributed by atoms with van der Waals surface area (Å²) in [5.74, 6) is 2.80. The minimum Gasteiger partial charge on any atom is -0.497 e. The van der Waals surface area contributed by atoms with Crippen molar-refractivity contribution in [2.45, 2.75) is 18.9 Å². The SMILES string of the molecule is COc1ccc(Nc2nc(NC3CC3)c3ccccc3n2)c(OC)c1. The molecule has 1 heterocycles. The van der Waals surface area contributed by atoms with Crippen LogP contribution in [0.15, 0.2) is 42.5 Å². The van der Waals surface area contributed by atoms with Crippen molar-refractivity contribution in [1.82, 2.24) is 9.97 Å². The van der Waals surface area contributed by atoms with E-state index < -0.39 is 0 Å². The van der Waals surface area contributed by atoms with E-state index in [0.717, 1.165) is 28.2 Å². The Balaban J connectivity index is 1.71. The lowest BCUT2D eigenvalue weighted by Crippen LogP contribution is -2.07. The number of ether oxygens (including phenoxy) is 2. The van der Waals surface area contributed by atoms with E-state index in [1.54, 1.807) is 14.2 Å². The van der Waals surface area contributed by atoms with Gasteiger partial charge >= 0.3 is 0 Å². The van der Waals surface area contributed by atoms with Crippen LogP contribution in [0.5, 0.6) is 11.5 Å². The summed E-state index contributed by atoms with van der Waals surface area (Å²) in [7, 11) is 3.26. The van der Waals surface area contributed by atoms with Crippen LogP contribution in [0.25, 0.3) is 10.9 Å². The molecule has 0 aliphatic heterocycles. The van der Waals surface area contributed by atoms with E-state index in [2.05, 4.69) is 20.6 Å². The molecule has 0 spiro atoms. The van der Waals surface area contributed by atoms with Crippen LogP contribution in [0.4, 0.5) is 17.5 Å². The van der Waals surface area contributed by atoms with E-state index in [1.165, 1.54) is 12.8 Å². The summed E-state index contributed by atoms with van der Waals surface area (Å²) in [6.45, 7) is 0. The molecule has 0 saturated heterocycles. The molecule has 0 unspecified atom stereocenters. The number of anilines is 3. The Labute approximate surface area is 146 Å². The van der Waals surface area contributed by atoms with Gasteiger partial charge in [0.05, 0.1) is 25.4 Å². The molecule has 0 bridgehead atoms. The lowest BCUT2D eigenvalue weighted by Gasteiger charge is -2.14. The lowest BCUT2D eigenvalue weighted by molar-refractivity contribution is 0.395. The smallest absolute Gasteiger partial charge is 0.229 e. The first kappa shape index (κ1) is 15.5. The first-order chi connectivity index (χ1) is 12.3. The summed E-state index contributed by atoms with van der Waals surface area (Å²) >= 11 is 0. The Morgan fingerprint density at radius 2 is 1.84 bits per heavy atom. The first-order valence-corrected chi connectivity index (χ1v) is 8.29. The quantitative estimate of drug-likeness (QED) is 0.710. The van der Waals surface area contributed by atoms with Gasteiger partial charge in [0.15, 0.2) is 0 Å². The van der Waals surface area contributed by atoms with Gasteiger partial charge in [-0.05, 0) is 37.1 Å². The number of hydrogen-bond donors (Lipinski definition) is 2. The zero-order valence-corrected chi connectivity index (χ0v) is 14.2. The van der Waals surface area contributed by atoms with Crippen LogP contribution < -0.4 is 20.1 Å². The van der Waals surface area contributed by atoms with E-state index in [4.69, 9.17) is 9.47 Å². The molecule has 1 fully saturated rings. The van der Waals surface area contributed by atoms with Gasteiger partial charge in [0, 0.05) is 17.5 Å². The lowest BCUT2D eigenvalue weighted by atomic mass is 10.2. The number of nitrogens with zero attached hydrogens (tertiary/aromatic N) is 2. The second-order valence-corrected chi connectivity index (χ2v) is 6.02. The molecule has 0 radical (unpaired) electrons. The van der Waals surface area contributed by atoms with Gasteiger partial charge in [-0.15, -0.1) is 0 Å². The van der Waals surface area contributed by atoms with E-state index >= 15 is 0 Å². The third-order valence-electron chi connectivity index (χ3n) is 4.18. The van der Waals surface area contributed by atoms with Crippen molar-refractivity contribution in [3.8, 4) is 11.5 Å². The Bertz CT molecular complexity index is 909. The molecule has 3 aromatic rings. The molecule has 1 aliphatic rings. The summed E-state index contributed by atoms with van der Waals surface area (Å²) in [6, 6.07) is 14.1. The molecule has 0 atom stereocenters. The van der Waals surface area contributed by atoms with Crippen LogP contribution in [0.2, 0.25) is 0 Å². The number of hydrogen-bond acceptors (Lipinski definition) is 6. The van der Waals surface area contributed by atoms with Crippen molar-refractivity contribution < 1.29 is 9.47 Å². The molecule has 128 valence electrons. The standard InChI is InChI=1S/C19H20N4O2/c1-24-13-9-10-16(17(11-13)25-2)22-19-21-15-6-4-3-5-14(15)18(23-19)20-12-7-8-12/h3-6,9-12H,7-8H2,1-2H3,(H2,20,21,22,23). The molecule has 1 saturated carbocycles. The maximum absolute atomic E-state index is 5.44. The minimum absolute atomic E-state index is 0.515. The fourth-order valence-corrected chi connectivity index (χ4v) is 2.69. The molecule has 1 aliphatic carbocycles. The highest BCUT2D eigenvalue weighted by Gasteiger charge is 2.22. The zero-order chi connectivity index (χ0) is 17.2. The molecule has 6 nitrogen and oxygen atoms in total. The molecular formula is C19H20N4O2. The fraction of sp³-hybridized carbons (Fsp3) is 0.263. The minimum atomic E-state index is 0.515. The highest BCUT2D eigenvalue weighted by molar-refractivity contribution is 5.90. The van der Waals surface area contributed by atoms with Crippen molar-refractivity contribution in [3.05, 3.63) is 42.5 Å². The van der Waals surface area contributed by atoms with Gasteiger partial charge in [-0.2, -0.15) is 4.98 Å². The third-order valence-corrected chi connectivity index (χ3v) is 4.18. The average Bonchev–Trinajstić information content (AvgIpc) is 3.46. The molecule has 2 N–H and O–H groups in total. The van der Waals surface area contributed by atoms with E-state index in [0.29, 0.717) is 17.7 Å². The maximum atomic E-state index is 5.44. The van der Waals surface area contributed by atoms with E-state index in [-0.39, 0.29) is 0 Å². The Hall–Kier alpha value is -3.02. The van der Waals surface area contributed by atoms with Crippen molar-refractivity contribution in [2.75, 3.05) is 24.9 Å². The predicted octanol–water partition coefficient (Wildman–Crippen LogP) is 3.96. The van der Waals surface area contributed by atoms with E-state index in [9.17, 15) is 0 Å². The summed E-state index contributed by atoms with van der Waals surface area (Å²) < 4.78 is 10.7. The zero-order valence-electron chi connectivity index (χ0n) is 14.2. The second kappa shape index (κ2) is 6.47. The van der Waals surface area contributed by atoms with Crippen LogP contribution in [0.1, 0.15) is 12.8 Å². The molecule has 4 rings (SSSR count). The summed E-state index contributed by atoms with van der Waals surface area (Å²) in [5, 5.41) is 7.78. The normalized spacial score (nSPS) is 13.5. The summed E-state index contributed by atoms with van der Waals surface area (Å²) in [5.41, 5.74) is 1.69. The van der Waals surface area contributed by atoms with Gasteiger partial charge in [-0.25, -0.2) is 4.98 Å². The summed E-state index contributed by atoms with van der Waals surface area (Å²) in [4.78, 5) is 9.30. The van der Waals surface area contributed by atoms with Gasteiger partial charge in [-0.3, -0.25) is 0 Å². The number of aromatic nitrogens is 2. The Morgan fingerprint density at radius 3 is 2.60 bits per heavy atom. The van der Waals surface area contributed by atoms with Gasteiger partial charge in [0.2, 0.25) is 5.95 Å². The molecule has 0 amide bonds. The Morgan fingerprint density at radius 1 is 1.00 bits per heavy atom. The second-order valence-electron chi connectivity index (χ2n) is 6.02. The fourth-order valence-electron chi connectivity index (χ4n) is 2.69. The number of fused-ring (bicyclic) bond motifs is 1. The number of para-hydroxylation sites is 1. The molecule has 2 aromatic carbocycles. The van der Waals surface area contributed by atoms with Crippen LogP contribution in [-0.4, -0.2) is 30.2 Å². The van der Waals surface area contributed by atoms with Gasteiger partial charge in [0.25, 0.3) is 0 Å². The van der Waals surface area contributed by atoms with Gasteiger partial charge < -0.3 is 20.1 Å². The largest absolute Gasteiger partial charge is 0.497 e. The highest BCUT2D eigenvalue weighted by Crippen LogP contribution is 2.33. The van der Waals surface area contributed by atoms with Crippen LogP contribution in [0.3, 0.4) is 0 Å². The predicted molar refractivity (Wildman–Crippen MR) is 99.0 cm³/mol. The van der Waals surface area contributed by atoms with Crippen molar-refractivity contribution >= 4 is 28.4 Å². The highest BCUT2D eigenvalue weighted by atomic mass is 16.5. The van der Waals surface area contributed by atoms with Crippen molar-refractivity contribution in [3.63, 3.8) is 0 Å². The van der Waals surface area contributed by atoms with E-state index in [1.807, 2.05) is 42.5 Å². The molecule has 6 heteroatoms. The van der Waals surface area contributed by atoms with Crippen molar-refractivity contribution in [2.24, 2.45) is 0 Å². The Kier molecular flexibility index (Phi) is 4.01. The topological polar surface area (TPSA) is 68.3 Å².